The molecule has 0 bridgehead atoms. The third-order valence-corrected chi connectivity index (χ3v) is 3.14. The van der Waals surface area contributed by atoms with Gasteiger partial charge in [0.1, 0.15) is 0 Å². The summed E-state index contributed by atoms with van der Waals surface area (Å²) in [5.41, 5.74) is 0. The van der Waals surface area contributed by atoms with E-state index in [1.165, 1.54) is 25.2 Å². The van der Waals surface area contributed by atoms with Gasteiger partial charge in [-0.3, -0.25) is 0 Å². The van der Waals surface area contributed by atoms with E-state index in [0.717, 1.165) is 6.26 Å². The molecule has 0 radical (unpaired) electrons. The van der Waals surface area contributed by atoms with Crippen LogP contribution in [0.3, 0.4) is 0 Å². The molecule has 1 rings (SSSR count). The summed E-state index contributed by atoms with van der Waals surface area (Å²) in [5.74, 6) is 0.105. The van der Waals surface area contributed by atoms with Gasteiger partial charge in [-0.2, -0.15) is 0 Å². The molecule has 16 heavy (non-hydrogen) atoms. The zero-order valence-corrected chi connectivity index (χ0v) is 10.2. The number of carbonyl (C=O) groups is 1. The van der Waals surface area contributed by atoms with Gasteiger partial charge in [0.05, 0.1) is 9.92 Å². The van der Waals surface area contributed by atoms with Gasteiger partial charge in [-0.1, -0.05) is 11.6 Å². The highest BCUT2D eigenvalue weighted by atomic mass is 35.5. The second-order valence-corrected chi connectivity index (χ2v) is 5.43. The van der Waals surface area contributed by atoms with Crippen molar-refractivity contribution in [1.29, 1.82) is 0 Å². The second kappa shape index (κ2) is 4.71. The molecule has 1 amide bonds. The van der Waals surface area contributed by atoms with Gasteiger partial charge in [0, 0.05) is 13.3 Å². The Morgan fingerprint density at radius 2 is 2.06 bits per heavy atom. The lowest BCUT2D eigenvalue weighted by molar-refractivity contribution is 0.203. The quantitative estimate of drug-likeness (QED) is 0.877. The van der Waals surface area contributed by atoms with Crippen LogP contribution in [0.5, 0.6) is 5.75 Å². The van der Waals surface area contributed by atoms with Gasteiger partial charge in [-0.25, -0.2) is 13.2 Å². The summed E-state index contributed by atoms with van der Waals surface area (Å²) < 4.78 is 27.2. The molecule has 0 spiro atoms. The summed E-state index contributed by atoms with van der Waals surface area (Å²) in [6, 6.07) is 3.88. The van der Waals surface area contributed by atoms with E-state index in [-0.39, 0.29) is 15.7 Å². The molecule has 1 aromatic carbocycles. The first-order valence-corrected chi connectivity index (χ1v) is 6.50. The molecule has 0 atom stereocenters. The van der Waals surface area contributed by atoms with Crippen molar-refractivity contribution in [3.05, 3.63) is 23.2 Å². The smallest absolute Gasteiger partial charge is 0.409 e. The Hall–Kier alpha value is -1.27. The molecule has 7 heteroatoms. The first-order valence-electron chi connectivity index (χ1n) is 4.24. The van der Waals surface area contributed by atoms with Crippen molar-refractivity contribution < 1.29 is 17.9 Å². The van der Waals surface area contributed by atoms with Crippen molar-refractivity contribution in [2.24, 2.45) is 0 Å². The highest BCUT2D eigenvalue weighted by Crippen LogP contribution is 2.27. The topological polar surface area (TPSA) is 72.5 Å². The zero-order chi connectivity index (χ0) is 12.3. The summed E-state index contributed by atoms with van der Waals surface area (Å²) in [5, 5.41) is 2.31. The zero-order valence-electron chi connectivity index (χ0n) is 8.65. The standard InChI is InChI=1S/C9H10ClNO4S/c1-11-9(12)15-8-4-3-6(5-7(8)10)16(2,13)14/h3-5H,1-2H3,(H,11,12). The van der Waals surface area contributed by atoms with Crippen LogP contribution < -0.4 is 10.1 Å². The maximum absolute atomic E-state index is 11.2. The summed E-state index contributed by atoms with van der Waals surface area (Å²) in [6.45, 7) is 0. The van der Waals surface area contributed by atoms with Crippen LogP contribution >= 0.6 is 11.6 Å². The molecule has 0 aliphatic rings. The summed E-state index contributed by atoms with van der Waals surface area (Å²) in [6.07, 6.45) is 0.395. The number of halogens is 1. The van der Waals surface area contributed by atoms with Crippen molar-refractivity contribution in [2.45, 2.75) is 4.90 Å². The third-order valence-electron chi connectivity index (χ3n) is 1.74. The lowest BCUT2D eigenvalue weighted by Gasteiger charge is -2.06. The number of rotatable bonds is 2. The Balaban J connectivity index is 3.06. The SMILES string of the molecule is CNC(=O)Oc1ccc(S(C)(=O)=O)cc1Cl. The lowest BCUT2D eigenvalue weighted by Crippen LogP contribution is -2.22. The van der Waals surface area contributed by atoms with Crippen LogP contribution in [0.25, 0.3) is 0 Å². The molecule has 0 aromatic heterocycles. The van der Waals surface area contributed by atoms with E-state index in [9.17, 15) is 13.2 Å². The maximum Gasteiger partial charge on any atom is 0.412 e. The highest BCUT2D eigenvalue weighted by molar-refractivity contribution is 7.90. The highest BCUT2D eigenvalue weighted by Gasteiger charge is 2.12. The van der Waals surface area contributed by atoms with E-state index in [0.29, 0.717) is 0 Å². The fourth-order valence-corrected chi connectivity index (χ4v) is 1.88. The number of sulfone groups is 1. The Morgan fingerprint density at radius 1 is 1.44 bits per heavy atom. The predicted octanol–water partition coefficient (Wildman–Crippen LogP) is 1.46. The van der Waals surface area contributed by atoms with E-state index in [2.05, 4.69) is 5.32 Å². The van der Waals surface area contributed by atoms with E-state index < -0.39 is 15.9 Å². The molecule has 0 unspecified atom stereocenters. The number of ether oxygens (including phenoxy) is 1. The van der Waals surface area contributed by atoms with Crippen molar-refractivity contribution >= 4 is 27.5 Å². The van der Waals surface area contributed by atoms with Crippen LogP contribution in [-0.4, -0.2) is 27.8 Å². The van der Waals surface area contributed by atoms with Crippen molar-refractivity contribution in [3.8, 4) is 5.75 Å². The monoisotopic (exact) mass is 263 g/mol. The van der Waals surface area contributed by atoms with Gasteiger partial charge < -0.3 is 10.1 Å². The first-order chi connectivity index (χ1) is 7.34. The maximum atomic E-state index is 11.2. The summed E-state index contributed by atoms with van der Waals surface area (Å²) >= 11 is 5.77. The number of amides is 1. The minimum absolute atomic E-state index is 0.0616. The molecule has 0 saturated carbocycles. The predicted molar refractivity (Wildman–Crippen MR) is 59.6 cm³/mol. The third kappa shape index (κ3) is 3.11. The number of benzene rings is 1. The van der Waals surface area contributed by atoms with Gasteiger partial charge in [0.15, 0.2) is 15.6 Å². The minimum atomic E-state index is -3.32. The fourth-order valence-electron chi connectivity index (χ4n) is 0.946. The molecule has 0 saturated heterocycles. The first kappa shape index (κ1) is 12.8. The Labute approximate surface area is 98.3 Å². The number of hydrogen-bond donors (Lipinski definition) is 1. The van der Waals surface area contributed by atoms with Crippen LogP contribution in [-0.2, 0) is 9.84 Å². The normalized spacial score (nSPS) is 10.9. The molecular weight excluding hydrogens is 254 g/mol. The molecule has 1 aromatic rings. The number of carbonyl (C=O) groups excluding carboxylic acids is 1. The van der Waals surface area contributed by atoms with Gasteiger partial charge in [0.2, 0.25) is 0 Å². The summed E-state index contributed by atoms with van der Waals surface area (Å²) in [7, 11) is -1.91. The van der Waals surface area contributed by atoms with Crippen LogP contribution in [0.1, 0.15) is 0 Å². The average Bonchev–Trinajstić information content (AvgIpc) is 2.19. The second-order valence-electron chi connectivity index (χ2n) is 3.00. The van der Waals surface area contributed by atoms with Crippen molar-refractivity contribution in [3.63, 3.8) is 0 Å². The molecule has 0 aliphatic heterocycles. The molecule has 1 N–H and O–H groups in total. The molecule has 0 aliphatic carbocycles. The number of nitrogens with one attached hydrogen (secondary N) is 1. The van der Waals surface area contributed by atoms with Crippen LogP contribution in [0.2, 0.25) is 5.02 Å². The van der Waals surface area contributed by atoms with Crippen LogP contribution in [0.15, 0.2) is 23.1 Å². The lowest BCUT2D eigenvalue weighted by atomic mass is 10.3. The average molecular weight is 264 g/mol. The molecule has 0 heterocycles. The van der Waals surface area contributed by atoms with Gasteiger partial charge >= 0.3 is 6.09 Å². The van der Waals surface area contributed by atoms with Crippen molar-refractivity contribution in [1.82, 2.24) is 5.32 Å². The summed E-state index contributed by atoms with van der Waals surface area (Å²) in [4.78, 5) is 11.0. The Bertz CT molecular complexity index is 512. The molecule has 5 nitrogen and oxygen atoms in total. The van der Waals surface area contributed by atoms with Gasteiger partial charge in [-0.15, -0.1) is 0 Å². The Morgan fingerprint density at radius 3 is 2.50 bits per heavy atom. The van der Waals surface area contributed by atoms with E-state index in [1.54, 1.807) is 0 Å². The fraction of sp³-hybridized carbons (Fsp3) is 0.222. The Kier molecular flexibility index (Phi) is 3.77. The molecule has 88 valence electrons. The van der Waals surface area contributed by atoms with E-state index in [4.69, 9.17) is 16.3 Å². The van der Waals surface area contributed by atoms with Crippen molar-refractivity contribution in [2.75, 3.05) is 13.3 Å². The largest absolute Gasteiger partial charge is 0.412 e. The minimum Gasteiger partial charge on any atom is -0.409 e. The molecule has 0 fully saturated rings. The van der Waals surface area contributed by atoms with Gasteiger partial charge in [-0.05, 0) is 18.2 Å². The van der Waals surface area contributed by atoms with Crippen LogP contribution in [0, 0.1) is 0 Å². The van der Waals surface area contributed by atoms with E-state index in [1.807, 2.05) is 0 Å². The van der Waals surface area contributed by atoms with Crippen LogP contribution in [0.4, 0.5) is 4.79 Å². The van der Waals surface area contributed by atoms with Gasteiger partial charge in [0.25, 0.3) is 0 Å². The number of hydrogen-bond acceptors (Lipinski definition) is 4. The molecular formula is C9H10ClNO4S. The van der Waals surface area contributed by atoms with E-state index >= 15 is 0 Å².